The summed E-state index contributed by atoms with van der Waals surface area (Å²) in [6, 6.07) is 0. The summed E-state index contributed by atoms with van der Waals surface area (Å²) in [5.74, 6) is 0.661. The molecule has 2 aliphatic rings. The number of hydrogen-bond acceptors (Lipinski definition) is 2. The first kappa shape index (κ1) is 10.3. The van der Waals surface area contributed by atoms with Crippen molar-refractivity contribution >= 4 is 5.97 Å². The van der Waals surface area contributed by atoms with Gasteiger partial charge in [-0.1, -0.05) is 20.3 Å². The van der Waals surface area contributed by atoms with Crippen LogP contribution in [0.4, 0.5) is 0 Å². The highest BCUT2D eigenvalue weighted by atomic mass is 16.5. The molecule has 0 spiro atoms. The lowest BCUT2D eigenvalue weighted by atomic mass is 9.89. The Balaban J connectivity index is 0.000000396. The van der Waals surface area contributed by atoms with E-state index in [1.165, 1.54) is 18.4 Å². The smallest absolute Gasteiger partial charge is 0.314 e. The third-order valence-corrected chi connectivity index (χ3v) is 2.76. The first-order valence-electron chi connectivity index (χ1n) is 5.16. The van der Waals surface area contributed by atoms with Crippen molar-refractivity contribution in [2.45, 2.75) is 40.0 Å². The average molecular weight is 182 g/mol. The van der Waals surface area contributed by atoms with E-state index in [9.17, 15) is 4.79 Å². The largest absolute Gasteiger partial charge is 0.434 e. The molecule has 13 heavy (non-hydrogen) atoms. The van der Waals surface area contributed by atoms with Crippen LogP contribution >= 0.6 is 0 Å². The molecule has 1 heterocycles. The van der Waals surface area contributed by atoms with Gasteiger partial charge in [-0.25, -0.2) is 0 Å². The lowest BCUT2D eigenvalue weighted by Gasteiger charge is -2.22. The monoisotopic (exact) mass is 182 g/mol. The van der Waals surface area contributed by atoms with Crippen LogP contribution in [0.25, 0.3) is 0 Å². The zero-order valence-electron chi connectivity index (χ0n) is 8.67. The van der Waals surface area contributed by atoms with Crippen LogP contribution in [0.15, 0.2) is 11.8 Å². The van der Waals surface area contributed by atoms with Crippen LogP contribution < -0.4 is 0 Å². The molecule has 0 aromatic rings. The molecule has 0 N–H and O–H groups in total. The molecule has 0 bridgehead atoms. The summed E-state index contributed by atoms with van der Waals surface area (Å²) in [6.07, 6.45) is 4.99. The van der Waals surface area contributed by atoms with Gasteiger partial charge in [0.05, 0.1) is 12.2 Å². The van der Waals surface area contributed by atoms with Gasteiger partial charge >= 0.3 is 5.97 Å². The number of carbonyl (C=O) groups is 1. The zero-order chi connectivity index (χ0) is 9.84. The second-order valence-electron chi connectivity index (χ2n) is 3.44. The van der Waals surface area contributed by atoms with Gasteiger partial charge in [-0.2, -0.15) is 0 Å². The fourth-order valence-corrected chi connectivity index (χ4v) is 2.11. The van der Waals surface area contributed by atoms with Gasteiger partial charge in [0, 0.05) is 0 Å². The molecule has 1 saturated carbocycles. The Bertz CT molecular complexity index is 218. The van der Waals surface area contributed by atoms with E-state index >= 15 is 0 Å². The summed E-state index contributed by atoms with van der Waals surface area (Å²) in [7, 11) is 0. The highest BCUT2D eigenvalue weighted by Crippen LogP contribution is 2.39. The van der Waals surface area contributed by atoms with Gasteiger partial charge in [-0.05, 0) is 31.3 Å². The predicted octanol–water partition coefficient (Wildman–Crippen LogP) is 2.89. The fraction of sp³-hybridized carbons (Fsp3) is 0.727. The predicted molar refractivity (Wildman–Crippen MR) is 52.0 cm³/mol. The molecule has 0 saturated heterocycles. The molecule has 2 rings (SSSR count). The van der Waals surface area contributed by atoms with E-state index in [2.05, 4.69) is 6.92 Å². The van der Waals surface area contributed by atoms with Crippen LogP contribution in [-0.2, 0) is 9.53 Å². The molecule has 0 radical (unpaired) electrons. The zero-order valence-corrected chi connectivity index (χ0v) is 8.67. The Morgan fingerprint density at radius 3 is 2.54 bits per heavy atom. The minimum atomic E-state index is -0.0156. The van der Waals surface area contributed by atoms with Crippen LogP contribution in [0, 0.1) is 11.8 Å². The third-order valence-electron chi connectivity index (χ3n) is 2.76. The average Bonchev–Trinajstić information content (AvgIpc) is 2.64. The van der Waals surface area contributed by atoms with Crippen LogP contribution in [0.5, 0.6) is 0 Å². The number of fused-ring (bicyclic) bond motifs is 1. The van der Waals surface area contributed by atoms with E-state index < -0.39 is 0 Å². The van der Waals surface area contributed by atoms with Gasteiger partial charge in [0.2, 0.25) is 0 Å². The molecule has 1 aliphatic carbocycles. The van der Waals surface area contributed by atoms with E-state index in [1.807, 2.05) is 13.8 Å². The molecular weight excluding hydrogens is 164 g/mol. The standard InChI is InChI=1S/C9H12O2.C2H6/c1-6-5-11-9(10)8-4-2-3-7(6)8;1-2/h5,7-8H,2-4H2,1H3;1-2H3/t7-,8?;/m1./s1. The molecule has 1 unspecified atom stereocenters. The molecule has 0 amide bonds. The van der Waals surface area contributed by atoms with Gasteiger partial charge in [-0.3, -0.25) is 4.79 Å². The van der Waals surface area contributed by atoms with Crippen molar-refractivity contribution in [1.29, 1.82) is 0 Å². The van der Waals surface area contributed by atoms with Crippen LogP contribution in [-0.4, -0.2) is 5.97 Å². The molecule has 0 aromatic carbocycles. The Labute approximate surface area is 80.0 Å². The number of hydrogen-bond donors (Lipinski definition) is 0. The second kappa shape index (κ2) is 4.45. The minimum absolute atomic E-state index is 0.0156. The maximum Gasteiger partial charge on any atom is 0.314 e. The Kier molecular flexibility index (Phi) is 3.52. The minimum Gasteiger partial charge on any atom is -0.434 e. The summed E-state index contributed by atoms with van der Waals surface area (Å²) >= 11 is 0. The number of ether oxygens (including phenoxy) is 1. The number of cyclic esters (lactones) is 1. The van der Waals surface area contributed by atoms with Crippen molar-refractivity contribution in [2.75, 3.05) is 0 Å². The maximum absolute atomic E-state index is 11.2. The van der Waals surface area contributed by atoms with Gasteiger partial charge in [-0.15, -0.1) is 0 Å². The van der Waals surface area contributed by atoms with Crippen molar-refractivity contribution in [3.8, 4) is 0 Å². The van der Waals surface area contributed by atoms with Crippen molar-refractivity contribution in [2.24, 2.45) is 11.8 Å². The molecule has 2 nitrogen and oxygen atoms in total. The van der Waals surface area contributed by atoms with Crippen molar-refractivity contribution < 1.29 is 9.53 Å². The summed E-state index contributed by atoms with van der Waals surface area (Å²) < 4.78 is 4.90. The summed E-state index contributed by atoms with van der Waals surface area (Å²) in [5, 5.41) is 0. The normalized spacial score (nSPS) is 31.0. The molecule has 1 aliphatic heterocycles. The molecule has 1 fully saturated rings. The highest BCUT2D eigenvalue weighted by molar-refractivity contribution is 5.75. The van der Waals surface area contributed by atoms with Crippen molar-refractivity contribution in [1.82, 2.24) is 0 Å². The lowest BCUT2D eigenvalue weighted by Crippen LogP contribution is -2.24. The fourth-order valence-electron chi connectivity index (χ4n) is 2.11. The summed E-state index contributed by atoms with van der Waals surface area (Å²) in [6.45, 7) is 6.05. The number of esters is 1. The van der Waals surface area contributed by atoms with Crippen molar-refractivity contribution in [3.63, 3.8) is 0 Å². The summed E-state index contributed by atoms with van der Waals surface area (Å²) in [4.78, 5) is 11.2. The molecular formula is C11H18O2. The van der Waals surface area contributed by atoms with E-state index in [0.717, 1.165) is 6.42 Å². The van der Waals surface area contributed by atoms with Gasteiger partial charge in [0.25, 0.3) is 0 Å². The number of rotatable bonds is 0. The number of allylic oxidation sites excluding steroid dienone is 1. The van der Waals surface area contributed by atoms with E-state index in [1.54, 1.807) is 6.26 Å². The van der Waals surface area contributed by atoms with Gasteiger partial charge < -0.3 is 4.74 Å². The van der Waals surface area contributed by atoms with E-state index in [-0.39, 0.29) is 11.9 Å². The Morgan fingerprint density at radius 1 is 1.31 bits per heavy atom. The Morgan fingerprint density at radius 2 is 1.92 bits per heavy atom. The van der Waals surface area contributed by atoms with Gasteiger partial charge in [0.1, 0.15) is 0 Å². The Hall–Kier alpha value is -0.790. The maximum atomic E-state index is 11.2. The van der Waals surface area contributed by atoms with Crippen LogP contribution in [0.2, 0.25) is 0 Å². The van der Waals surface area contributed by atoms with Crippen LogP contribution in [0.3, 0.4) is 0 Å². The van der Waals surface area contributed by atoms with Crippen molar-refractivity contribution in [3.05, 3.63) is 11.8 Å². The van der Waals surface area contributed by atoms with Gasteiger partial charge in [0.15, 0.2) is 0 Å². The first-order valence-corrected chi connectivity index (χ1v) is 5.16. The SMILES string of the molecule is CC.CC1=COC(=O)C2CCC[C@H]12. The van der Waals surface area contributed by atoms with Crippen LogP contribution in [0.1, 0.15) is 40.0 Å². The summed E-state index contributed by atoms with van der Waals surface area (Å²) in [5.41, 5.74) is 1.24. The highest BCUT2D eigenvalue weighted by Gasteiger charge is 2.37. The molecule has 2 heteroatoms. The molecule has 0 aromatic heterocycles. The molecule has 2 atom stereocenters. The topological polar surface area (TPSA) is 26.3 Å². The molecule has 74 valence electrons. The number of carbonyl (C=O) groups excluding carboxylic acids is 1. The quantitative estimate of drug-likeness (QED) is 0.538. The van der Waals surface area contributed by atoms with E-state index in [0.29, 0.717) is 5.92 Å². The lowest BCUT2D eigenvalue weighted by molar-refractivity contribution is -0.145. The van der Waals surface area contributed by atoms with E-state index in [4.69, 9.17) is 4.74 Å². The third kappa shape index (κ3) is 1.93. The second-order valence-corrected chi connectivity index (χ2v) is 3.44. The first-order chi connectivity index (χ1) is 6.29.